The van der Waals surface area contributed by atoms with Crippen LogP contribution >= 0.6 is 0 Å². The first-order valence-corrected chi connectivity index (χ1v) is 6.25. The summed E-state index contributed by atoms with van der Waals surface area (Å²) in [6.45, 7) is 3.21. The Morgan fingerprint density at radius 1 is 1.37 bits per heavy atom. The molecule has 6 heteroatoms. The van der Waals surface area contributed by atoms with Crippen LogP contribution in [-0.2, 0) is 6.18 Å². The lowest BCUT2D eigenvalue weighted by molar-refractivity contribution is -0.138. The number of hydrogen-bond donors (Lipinski definition) is 1. The smallest absolute Gasteiger partial charge is 0.310 e. The number of nitrogens with one attached hydrogen (secondary N) is 1. The molecule has 0 fully saturated rings. The molecule has 0 spiro atoms. The van der Waals surface area contributed by atoms with Gasteiger partial charge in [-0.25, -0.2) is 0 Å². The molecule has 3 nitrogen and oxygen atoms in total. The summed E-state index contributed by atoms with van der Waals surface area (Å²) in [6.07, 6.45) is -1.24. The second kappa shape index (κ2) is 6.86. The number of pyridine rings is 1. The van der Waals surface area contributed by atoms with Crippen molar-refractivity contribution < 1.29 is 13.2 Å². The quantitative estimate of drug-likeness (QED) is 0.865. The van der Waals surface area contributed by atoms with Gasteiger partial charge in [0.15, 0.2) is 0 Å². The van der Waals surface area contributed by atoms with Crippen LogP contribution in [0.25, 0.3) is 0 Å². The van der Waals surface area contributed by atoms with Gasteiger partial charge in [-0.1, -0.05) is 6.92 Å². The highest BCUT2D eigenvalue weighted by Crippen LogP contribution is 2.34. The zero-order chi connectivity index (χ0) is 14.5. The summed E-state index contributed by atoms with van der Waals surface area (Å²) in [5.41, 5.74) is -0.383. The molecule has 1 N–H and O–H groups in total. The summed E-state index contributed by atoms with van der Waals surface area (Å²) in [4.78, 5) is 5.79. The highest BCUT2D eigenvalue weighted by molar-refractivity contribution is 5.29. The van der Waals surface area contributed by atoms with E-state index in [-0.39, 0.29) is 11.6 Å². The SMILES string of the molecule is CCNC(CCN(C)C)c1cnccc1C(F)(F)F. The molecule has 0 saturated heterocycles. The lowest BCUT2D eigenvalue weighted by Crippen LogP contribution is -2.27. The fourth-order valence-corrected chi connectivity index (χ4v) is 1.94. The zero-order valence-corrected chi connectivity index (χ0v) is 11.5. The van der Waals surface area contributed by atoms with Gasteiger partial charge in [-0.05, 0) is 45.2 Å². The molecule has 0 amide bonds. The van der Waals surface area contributed by atoms with Crippen molar-refractivity contribution in [2.75, 3.05) is 27.2 Å². The van der Waals surface area contributed by atoms with Gasteiger partial charge in [0, 0.05) is 18.4 Å². The molecule has 1 aromatic heterocycles. The first kappa shape index (κ1) is 15.9. The van der Waals surface area contributed by atoms with Crippen LogP contribution in [0.3, 0.4) is 0 Å². The Balaban J connectivity index is 3.01. The van der Waals surface area contributed by atoms with Gasteiger partial charge >= 0.3 is 6.18 Å². The van der Waals surface area contributed by atoms with Gasteiger partial charge in [-0.3, -0.25) is 4.98 Å². The Morgan fingerprint density at radius 3 is 2.58 bits per heavy atom. The van der Waals surface area contributed by atoms with Crippen LogP contribution in [0.5, 0.6) is 0 Å². The van der Waals surface area contributed by atoms with Crippen molar-refractivity contribution in [1.29, 1.82) is 0 Å². The average molecular weight is 275 g/mol. The normalized spacial score (nSPS) is 13.8. The van der Waals surface area contributed by atoms with Crippen LogP contribution in [0, 0.1) is 0 Å². The molecule has 19 heavy (non-hydrogen) atoms. The van der Waals surface area contributed by atoms with Gasteiger partial charge < -0.3 is 10.2 Å². The monoisotopic (exact) mass is 275 g/mol. The van der Waals surface area contributed by atoms with Crippen molar-refractivity contribution in [3.05, 3.63) is 29.6 Å². The molecule has 1 rings (SSSR count). The minimum absolute atomic E-state index is 0.221. The summed E-state index contributed by atoms with van der Waals surface area (Å²) >= 11 is 0. The first-order chi connectivity index (χ1) is 8.86. The summed E-state index contributed by atoms with van der Waals surface area (Å²) < 4.78 is 38.9. The average Bonchev–Trinajstić information content (AvgIpc) is 2.33. The number of nitrogens with zero attached hydrogens (tertiary/aromatic N) is 2. The molecule has 1 unspecified atom stereocenters. The van der Waals surface area contributed by atoms with E-state index in [0.29, 0.717) is 19.5 Å². The minimum atomic E-state index is -4.34. The molecular formula is C13H20F3N3. The van der Waals surface area contributed by atoms with Crippen LogP contribution in [0.1, 0.15) is 30.5 Å². The second-order valence-electron chi connectivity index (χ2n) is 4.66. The predicted molar refractivity (Wildman–Crippen MR) is 68.8 cm³/mol. The first-order valence-electron chi connectivity index (χ1n) is 6.25. The Kier molecular flexibility index (Phi) is 5.75. The van der Waals surface area contributed by atoms with Gasteiger partial charge in [0.25, 0.3) is 0 Å². The van der Waals surface area contributed by atoms with Crippen molar-refractivity contribution in [3.8, 4) is 0 Å². The third-order valence-corrected chi connectivity index (χ3v) is 2.85. The van der Waals surface area contributed by atoms with E-state index in [1.54, 1.807) is 0 Å². The van der Waals surface area contributed by atoms with Crippen LogP contribution in [0.15, 0.2) is 18.5 Å². The van der Waals surface area contributed by atoms with Crippen LogP contribution in [0.4, 0.5) is 13.2 Å². The van der Waals surface area contributed by atoms with Gasteiger partial charge in [-0.15, -0.1) is 0 Å². The fourth-order valence-electron chi connectivity index (χ4n) is 1.94. The Morgan fingerprint density at radius 2 is 2.05 bits per heavy atom. The summed E-state index contributed by atoms with van der Waals surface area (Å²) in [5.74, 6) is 0. The highest BCUT2D eigenvalue weighted by atomic mass is 19.4. The molecule has 0 saturated carbocycles. The zero-order valence-electron chi connectivity index (χ0n) is 11.5. The standard InChI is InChI=1S/C13H20F3N3/c1-4-18-12(6-8-19(2)3)10-9-17-7-5-11(10)13(14,15)16/h5,7,9,12,18H,4,6,8H2,1-3H3. The van der Waals surface area contributed by atoms with Gasteiger partial charge in [0.05, 0.1) is 5.56 Å². The largest absolute Gasteiger partial charge is 0.416 e. The van der Waals surface area contributed by atoms with E-state index in [0.717, 1.165) is 6.07 Å². The van der Waals surface area contributed by atoms with Gasteiger partial charge in [0.1, 0.15) is 0 Å². The number of alkyl halides is 3. The molecule has 1 atom stereocenters. The van der Waals surface area contributed by atoms with E-state index in [1.807, 2.05) is 25.9 Å². The number of halogens is 3. The van der Waals surface area contributed by atoms with Crippen LogP contribution in [-0.4, -0.2) is 37.1 Å². The number of hydrogen-bond acceptors (Lipinski definition) is 3. The Labute approximate surface area is 111 Å². The number of rotatable bonds is 6. The van der Waals surface area contributed by atoms with E-state index in [2.05, 4.69) is 10.3 Å². The van der Waals surface area contributed by atoms with Crippen LogP contribution in [0.2, 0.25) is 0 Å². The van der Waals surface area contributed by atoms with Crippen molar-refractivity contribution in [2.45, 2.75) is 25.6 Å². The van der Waals surface area contributed by atoms with Crippen molar-refractivity contribution in [1.82, 2.24) is 15.2 Å². The van der Waals surface area contributed by atoms with Gasteiger partial charge in [0.2, 0.25) is 0 Å². The molecule has 0 aliphatic heterocycles. The number of aromatic nitrogens is 1. The van der Waals surface area contributed by atoms with Gasteiger partial charge in [-0.2, -0.15) is 13.2 Å². The lowest BCUT2D eigenvalue weighted by atomic mass is 9.99. The lowest BCUT2D eigenvalue weighted by Gasteiger charge is -2.23. The maximum atomic E-state index is 13.0. The molecule has 0 aliphatic carbocycles. The van der Waals surface area contributed by atoms with Crippen molar-refractivity contribution in [3.63, 3.8) is 0 Å². The molecule has 1 aromatic rings. The Bertz CT molecular complexity index is 391. The molecule has 1 heterocycles. The van der Waals surface area contributed by atoms with Crippen molar-refractivity contribution in [2.24, 2.45) is 0 Å². The molecule has 0 bridgehead atoms. The van der Waals surface area contributed by atoms with Crippen LogP contribution < -0.4 is 5.32 Å². The molecular weight excluding hydrogens is 255 g/mol. The summed E-state index contributed by atoms with van der Waals surface area (Å²) in [6, 6.07) is 0.702. The van der Waals surface area contributed by atoms with E-state index in [4.69, 9.17) is 0 Å². The minimum Gasteiger partial charge on any atom is -0.310 e. The third kappa shape index (κ3) is 4.80. The van der Waals surface area contributed by atoms with E-state index >= 15 is 0 Å². The maximum absolute atomic E-state index is 13.0. The maximum Gasteiger partial charge on any atom is 0.416 e. The summed E-state index contributed by atoms with van der Waals surface area (Å²) in [5, 5.41) is 3.10. The molecule has 0 aromatic carbocycles. The van der Waals surface area contributed by atoms with E-state index in [9.17, 15) is 13.2 Å². The third-order valence-electron chi connectivity index (χ3n) is 2.85. The predicted octanol–water partition coefficient (Wildman–Crippen LogP) is 2.70. The fraction of sp³-hybridized carbons (Fsp3) is 0.615. The second-order valence-corrected chi connectivity index (χ2v) is 4.66. The van der Waals surface area contributed by atoms with Crippen molar-refractivity contribution >= 4 is 0 Å². The summed E-state index contributed by atoms with van der Waals surface area (Å²) in [7, 11) is 3.80. The molecule has 108 valence electrons. The Hall–Kier alpha value is -1.14. The molecule has 0 aliphatic rings. The van der Waals surface area contributed by atoms with E-state index in [1.165, 1.54) is 12.4 Å². The topological polar surface area (TPSA) is 28.2 Å². The molecule has 0 radical (unpaired) electrons. The highest BCUT2D eigenvalue weighted by Gasteiger charge is 2.35. The van der Waals surface area contributed by atoms with E-state index < -0.39 is 11.7 Å².